The van der Waals surface area contributed by atoms with Gasteiger partial charge in [0, 0.05) is 4.47 Å². The molecule has 0 saturated heterocycles. The topological polar surface area (TPSA) is 72.6 Å². The van der Waals surface area contributed by atoms with Gasteiger partial charge >= 0.3 is 0 Å². The highest BCUT2D eigenvalue weighted by molar-refractivity contribution is 9.10. The van der Waals surface area contributed by atoms with E-state index in [-0.39, 0.29) is 12.5 Å². The number of anilines is 1. The van der Waals surface area contributed by atoms with Gasteiger partial charge in [0.05, 0.1) is 12.2 Å². The zero-order chi connectivity index (χ0) is 15.0. The van der Waals surface area contributed by atoms with Crippen molar-refractivity contribution < 1.29 is 14.3 Å². The summed E-state index contributed by atoms with van der Waals surface area (Å²) in [5.41, 5.74) is 5.97. The Morgan fingerprint density at radius 1 is 1.33 bits per heavy atom. The molecule has 1 aromatic carbocycles. The number of nitrogens with two attached hydrogens (primary N) is 1. The van der Waals surface area contributed by atoms with Crippen LogP contribution in [0.5, 0.6) is 5.75 Å². The number of carbonyl (C=O) groups excluding carboxylic acids is 2. The Hall–Kier alpha value is -1.86. The van der Waals surface area contributed by atoms with Crippen molar-refractivity contribution in [3.63, 3.8) is 0 Å². The molecule has 0 radical (unpaired) electrons. The van der Waals surface area contributed by atoms with Gasteiger partial charge in [0.25, 0.3) is 11.8 Å². The van der Waals surface area contributed by atoms with Gasteiger partial charge < -0.3 is 10.5 Å². The summed E-state index contributed by atoms with van der Waals surface area (Å²) >= 11 is 4.70. The molecule has 1 aromatic heterocycles. The summed E-state index contributed by atoms with van der Waals surface area (Å²) in [5.74, 6) is -0.292. The SMILES string of the molecule is NC(=O)C1CN(C(=O)c2sccc2Br)c2ccccc2O1. The number of hydrogen-bond donors (Lipinski definition) is 1. The van der Waals surface area contributed by atoms with Crippen molar-refractivity contribution >= 4 is 44.8 Å². The van der Waals surface area contributed by atoms with Crippen molar-refractivity contribution in [3.05, 3.63) is 45.1 Å². The average Bonchev–Trinajstić information content (AvgIpc) is 2.91. The lowest BCUT2D eigenvalue weighted by Crippen LogP contribution is -2.49. The molecule has 1 aliphatic rings. The predicted molar refractivity (Wildman–Crippen MR) is 83.7 cm³/mol. The van der Waals surface area contributed by atoms with Crippen LogP contribution >= 0.6 is 27.3 Å². The molecular weight excluding hydrogens is 356 g/mol. The molecule has 0 aliphatic carbocycles. The second-order valence-corrected chi connectivity index (χ2v) is 6.26. The van der Waals surface area contributed by atoms with E-state index in [2.05, 4.69) is 15.9 Å². The zero-order valence-electron chi connectivity index (χ0n) is 10.8. The van der Waals surface area contributed by atoms with Crippen LogP contribution in [0.25, 0.3) is 0 Å². The van der Waals surface area contributed by atoms with Gasteiger partial charge in [-0.1, -0.05) is 12.1 Å². The van der Waals surface area contributed by atoms with Crippen LogP contribution < -0.4 is 15.4 Å². The van der Waals surface area contributed by atoms with E-state index in [0.29, 0.717) is 16.3 Å². The van der Waals surface area contributed by atoms with Crippen LogP contribution in [0.4, 0.5) is 5.69 Å². The van der Waals surface area contributed by atoms with Gasteiger partial charge in [0.1, 0.15) is 10.6 Å². The molecule has 2 heterocycles. The standard InChI is InChI=1S/C14H11BrN2O3S/c15-8-5-6-21-12(8)14(19)17-7-11(13(16)18)20-10-4-2-1-3-9(10)17/h1-6,11H,7H2,(H2,16,18). The maximum absolute atomic E-state index is 12.7. The van der Waals surface area contributed by atoms with Crippen LogP contribution in [0.15, 0.2) is 40.2 Å². The smallest absolute Gasteiger partial charge is 0.269 e. The van der Waals surface area contributed by atoms with Crippen LogP contribution in [0.3, 0.4) is 0 Å². The normalized spacial score (nSPS) is 17.0. The lowest BCUT2D eigenvalue weighted by atomic mass is 10.1. The fourth-order valence-corrected chi connectivity index (χ4v) is 3.63. The maximum atomic E-state index is 12.7. The van der Waals surface area contributed by atoms with Crippen molar-refractivity contribution in [1.29, 1.82) is 0 Å². The maximum Gasteiger partial charge on any atom is 0.269 e. The molecule has 2 N–H and O–H groups in total. The second-order valence-electron chi connectivity index (χ2n) is 4.49. The molecule has 3 rings (SSSR count). The van der Waals surface area contributed by atoms with E-state index < -0.39 is 12.0 Å². The summed E-state index contributed by atoms with van der Waals surface area (Å²) in [6.45, 7) is 0.107. The molecule has 1 atom stereocenters. The number of para-hydroxylation sites is 2. The molecule has 7 heteroatoms. The first kappa shape index (κ1) is 14.1. The molecule has 21 heavy (non-hydrogen) atoms. The first-order chi connectivity index (χ1) is 10.1. The highest BCUT2D eigenvalue weighted by Gasteiger charge is 2.33. The number of thiophene rings is 1. The molecule has 0 saturated carbocycles. The molecule has 1 aliphatic heterocycles. The van der Waals surface area contributed by atoms with Gasteiger partial charge in [-0.2, -0.15) is 0 Å². The van der Waals surface area contributed by atoms with E-state index in [1.54, 1.807) is 18.2 Å². The van der Waals surface area contributed by atoms with E-state index in [0.717, 1.165) is 4.47 Å². The summed E-state index contributed by atoms with van der Waals surface area (Å²) in [7, 11) is 0. The van der Waals surface area contributed by atoms with E-state index in [4.69, 9.17) is 10.5 Å². The van der Waals surface area contributed by atoms with E-state index in [1.165, 1.54) is 16.2 Å². The van der Waals surface area contributed by atoms with Crippen LogP contribution in [0, 0.1) is 0 Å². The molecule has 2 amide bonds. The Bertz CT molecular complexity index is 716. The molecule has 5 nitrogen and oxygen atoms in total. The fraction of sp³-hybridized carbons (Fsp3) is 0.143. The average molecular weight is 367 g/mol. The van der Waals surface area contributed by atoms with Crippen LogP contribution in [0.2, 0.25) is 0 Å². The number of carbonyl (C=O) groups is 2. The molecular formula is C14H11BrN2O3S. The third kappa shape index (κ3) is 2.54. The van der Waals surface area contributed by atoms with Gasteiger partial charge in [-0.05, 0) is 39.5 Å². The summed E-state index contributed by atoms with van der Waals surface area (Å²) in [6.07, 6.45) is -0.845. The Balaban J connectivity index is 2.02. The number of benzene rings is 1. The van der Waals surface area contributed by atoms with E-state index in [9.17, 15) is 9.59 Å². The van der Waals surface area contributed by atoms with Gasteiger partial charge in [0.15, 0.2) is 6.10 Å². The lowest BCUT2D eigenvalue weighted by molar-refractivity contribution is -0.124. The summed E-state index contributed by atoms with van der Waals surface area (Å²) in [4.78, 5) is 26.3. The second kappa shape index (κ2) is 5.50. The summed E-state index contributed by atoms with van der Waals surface area (Å²) < 4.78 is 6.28. The summed E-state index contributed by atoms with van der Waals surface area (Å²) in [5, 5.41) is 1.83. The number of hydrogen-bond acceptors (Lipinski definition) is 4. The molecule has 2 aromatic rings. The monoisotopic (exact) mass is 366 g/mol. The number of nitrogens with zero attached hydrogens (tertiary/aromatic N) is 1. The fourth-order valence-electron chi connectivity index (χ4n) is 2.14. The number of amides is 2. The predicted octanol–water partition coefficient (Wildman–Crippen LogP) is 2.40. The Labute approximate surface area is 133 Å². The van der Waals surface area contributed by atoms with Gasteiger partial charge in [-0.15, -0.1) is 11.3 Å². The number of fused-ring (bicyclic) bond motifs is 1. The Morgan fingerprint density at radius 2 is 2.10 bits per heavy atom. The van der Waals surface area contributed by atoms with Crippen LogP contribution in [-0.4, -0.2) is 24.5 Å². The van der Waals surface area contributed by atoms with E-state index in [1.807, 2.05) is 17.5 Å². The molecule has 1 unspecified atom stereocenters. The van der Waals surface area contributed by atoms with Crippen molar-refractivity contribution in [3.8, 4) is 5.75 Å². The molecule has 0 spiro atoms. The van der Waals surface area contributed by atoms with Crippen molar-refractivity contribution in [2.24, 2.45) is 5.73 Å². The third-order valence-electron chi connectivity index (χ3n) is 3.15. The third-order valence-corrected chi connectivity index (χ3v) is 4.97. The number of rotatable bonds is 2. The van der Waals surface area contributed by atoms with E-state index >= 15 is 0 Å². The quantitative estimate of drug-likeness (QED) is 0.886. The zero-order valence-corrected chi connectivity index (χ0v) is 13.2. The van der Waals surface area contributed by atoms with Gasteiger partial charge in [0.2, 0.25) is 0 Å². The van der Waals surface area contributed by atoms with Gasteiger partial charge in [-0.25, -0.2) is 0 Å². The number of primary amides is 1. The largest absolute Gasteiger partial charge is 0.477 e. The molecule has 0 bridgehead atoms. The summed E-state index contributed by atoms with van der Waals surface area (Å²) in [6, 6.07) is 8.92. The minimum atomic E-state index is -0.845. The first-order valence-electron chi connectivity index (χ1n) is 6.18. The number of ether oxygens (including phenoxy) is 1. The van der Waals surface area contributed by atoms with Crippen molar-refractivity contribution in [1.82, 2.24) is 0 Å². The Morgan fingerprint density at radius 3 is 2.76 bits per heavy atom. The van der Waals surface area contributed by atoms with Crippen molar-refractivity contribution in [2.75, 3.05) is 11.4 Å². The first-order valence-corrected chi connectivity index (χ1v) is 7.85. The minimum absolute atomic E-state index is 0.107. The minimum Gasteiger partial charge on any atom is -0.477 e. The van der Waals surface area contributed by atoms with Crippen molar-refractivity contribution in [2.45, 2.75) is 6.10 Å². The van der Waals surface area contributed by atoms with Crippen LogP contribution in [0.1, 0.15) is 9.67 Å². The Kier molecular flexibility index (Phi) is 3.69. The van der Waals surface area contributed by atoms with Crippen LogP contribution in [-0.2, 0) is 4.79 Å². The van der Waals surface area contributed by atoms with Gasteiger partial charge in [-0.3, -0.25) is 14.5 Å². The molecule has 0 fully saturated rings. The number of halogens is 1. The highest BCUT2D eigenvalue weighted by Crippen LogP contribution is 2.35. The lowest BCUT2D eigenvalue weighted by Gasteiger charge is -2.33. The highest BCUT2D eigenvalue weighted by atomic mass is 79.9. The molecule has 108 valence electrons.